The molecule has 0 amide bonds. The zero-order valence-electron chi connectivity index (χ0n) is 24.2. The fraction of sp³-hybridized carbons (Fsp3) is 0.469. The largest absolute Gasteiger partial charge is 0.508 e. The van der Waals surface area contributed by atoms with Crippen LogP contribution in [-0.4, -0.2) is 82.7 Å². The van der Waals surface area contributed by atoms with E-state index in [1.807, 2.05) is 6.92 Å². The molecule has 0 aliphatic carbocycles. The van der Waals surface area contributed by atoms with Crippen molar-refractivity contribution in [3.05, 3.63) is 47.7 Å². The lowest BCUT2D eigenvalue weighted by molar-refractivity contribution is 0.0989. The number of rotatable bonds is 4. The quantitative estimate of drug-likeness (QED) is 0.329. The third-order valence-corrected chi connectivity index (χ3v) is 9.22. The van der Waals surface area contributed by atoms with Crippen LogP contribution in [0.4, 0.5) is 19.0 Å². The third kappa shape index (κ3) is 4.92. The Labute approximate surface area is 247 Å². The number of aromatic hydroxyl groups is 1. The molecule has 2 aromatic carbocycles. The van der Waals surface area contributed by atoms with Crippen LogP contribution < -0.4 is 9.64 Å². The van der Waals surface area contributed by atoms with Crippen molar-refractivity contribution in [3.8, 4) is 23.0 Å². The first-order valence-corrected chi connectivity index (χ1v) is 15.0. The van der Waals surface area contributed by atoms with E-state index in [9.17, 15) is 13.9 Å². The Morgan fingerprint density at radius 1 is 1.12 bits per heavy atom. The predicted octanol–water partition coefficient (Wildman–Crippen LogP) is 5.57. The molecule has 4 atom stereocenters. The minimum atomic E-state index is -0.682. The van der Waals surface area contributed by atoms with Crippen LogP contribution in [0.25, 0.3) is 32.9 Å². The van der Waals surface area contributed by atoms with E-state index < -0.39 is 12.0 Å². The lowest BCUT2D eigenvalue weighted by Crippen LogP contribution is -2.37. The zero-order valence-corrected chi connectivity index (χ0v) is 24.2. The first kappa shape index (κ1) is 28.1. The van der Waals surface area contributed by atoms with E-state index in [-0.39, 0.29) is 40.9 Å². The Balaban J connectivity index is 0.000000283. The normalized spacial score (nSPS) is 24.5. The van der Waals surface area contributed by atoms with E-state index in [1.165, 1.54) is 44.3 Å². The first-order chi connectivity index (χ1) is 20.8. The molecular weight excluding hydrogens is 559 g/mol. The van der Waals surface area contributed by atoms with Gasteiger partial charge in [-0.2, -0.15) is 9.97 Å². The van der Waals surface area contributed by atoms with Gasteiger partial charge in [-0.25, -0.2) is 13.2 Å². The molecule has 1 N–H and O–H groups in total. The van der Waals surface area contributed by atoms with Crippen molar-refractivity contribution in [2.45, 2.75) is 63.4 Å². The summed E-state index contributed by atoms with van der Waals surface area (Å²) in [4.78, 5) is 17.6. The fourth-order valence-electron chi connectivity index (χ4n) is 7.24. The van der Waals surface area contributed by atoms with Gasteiger partial charge in [-0.1, -0.05) is 13.0 Å². The van der Waals surface area contributed by atoms with Crippen molar-refractivity contribution in [3.63, 3.8) is 0 Å². The lowest BCUT2D eigenvalue weighted by atomic mass is 9.94. The van der Waals surface area contributed by atoms with Crippen LogP contribution in [-0.2, 0) is 11.2 Å². The van der Waals surface area contributed by atoms with Gasteiger partial charge in [-0.15, -0.1) is 0 Å². The maximum atomic E-state index is 16.1. The molecule has 2 unspecified atom stereocenters. The first-order valence-electron chi connectivity index (χ1n) is 15.0. The number of phenols is 1. The number of fused-ring (bicyclic) bond motifs is 5. The number of halogens is 3. The van der Waals surface area contributed by atoms with Gasteiger partial charge >= 0.3 is 6.01 Å². The molecule has 8 rings (SSSR count). The smallest absolute Gasteiger partial charge is 0.318 e. The molecule has 8 nitrogen and oxygen atoms in total. The van der Waals surface area contributed by atoms with Crippen LogP contribution in [0.2, 0.25) is 0 Å². The summed E-state index contributed by atoms with van der Waals surface area (Å²) in [6, 6.07) is 6.67. The van der Waals surface area contributed by atoms with E-state index >= 15 is 4.39 Å². The van der Waals surface area contributed by atoms with Crippen LogP contribution in [0, 0.1) is 11.6 Å². The van der Waals surface area contributed by atoms with Crippen LogP contribution in [0.3, 0.4) is 0 Å². The van der Waals surface area contributed by atoms with Crippen LogP contribution in [0.1, 0.15) is 38.2 Å². The topological polar surface area (TPSA) is 83.8 Å². The monoisotopic (exact) mass is 593 g/mol. The Bertz CT molecular complexity index is 1690. The Kier molecular flexibility index (Phi) is 7.25. The van der Waals surface area contributed by atoms with Crippen molar-refractivity contribution < 1.29 is 27.8 Å². The number of benzene rings is 2. The fourth-order valence-corrected chi connectivity index (χ4v) is 7.24. The van der Waals surface area contributed by atoms with Crippen molar-refractivity contribution >= 4 is 27.5 Å². The van der Waals surface area contributed by atoms with Crippen LogP contribution in [0.15, 0.2) is 30.5 Å². The average Bonchev–Trinajstić information content (AvgIpc) is 3.80. The number of hydrogen-bond donors (Lipinski definition) is 1. The number of nitrogens with zero attached hydrogens (tertiary/aromatic N) is 5. The summed E-state index contributed by atoms with van der Waals surface area (Å²) < 4.78 is 54.3. The molecular formula is C32H34F3N5O3. The van der Waals surface area contributed by atoms with E-state index in [0.29, 0.717) is 65.3 Å². The molecule has 6 heterocycles. The van der Waals surface area contributed by atoms with Crippen LogP contribution >= 0.6 is 0 Å². The summed E-state index contributed by atoms with van der Waals surface area (Å²) in [5, 5.41) is 11.9. The number of anilines is 1. The molecule has 4 saturated heterocycles. The highest BCUT2D eigenvalue weighted by Crippen LogP contribution is 2.40. The minimum absolute atomic E-state index is 0.0216. The number of morpholine rings is 1. The van der Waals surface area contributed by atoms with Gasteiger partial charge < -0.3 is 19.5 Å². The summed E-state index contributed by atoms with van der Waals surface area (Å²) in [6.07, 6.45) is 5.76. The standard InChI is InChI=1S/C25H22F2N4O3.C7H12FN/c1-3-16-19(26)5-4-12-6-14(32)8-17(20(12)16)22-21(27)23-18(9-28-22)24(30-25(29-23)33-2)31-10-15-7-13(31)11-34-15;8-6-4-7-2-1-3-9(7)5-6/h4-6,8-9,13,15,32H,3,7,10-11H2,1-2H3;6-7H,1-5H2/t13-,15-;/m0./s1. The highest BCUT2D eigenvalue weighted by molar-refractivity contribution is 6.01. The molecule has 11 heteroatoms. The summed E-state index contributed by atoms with van der Waals surface area (Å²) in [5.41, 5.74) is 0.773. The highest BCUT2D eigenvalue weighted by Gasteiger charge is 2.41. The van der Waals surface area contributed by atoms with Gasteiger partial charge in [-0.05, 0) is 73.2 Å². The molecule has 4 aromatic rings. The van der Waals surface area contributed by atoms with Crippen molar-refractivity contribution in [2.75, 3.05) is 38.3 Å². The third-order valence-electron chi connectivity index (χ3n) is 9.22. The number of hydrogen-bond acceptors (Lipinski definition) is 8. The number of methoxy groups -OCH3 is 1. The average molecular weight is 594 g/mol. The summed E-state index contributed by atoms with van der Waals surface area (Å²) in [5.74, 6) is -0.581. The Hall–Kier alpha value is -3.70. The molecule has 4 fully saturated rings. The number of phenolic OH excluding ortho intramolecular Hbond substituents is 1. The molecule has 2 bridgehead atoms. The van der Waals surface area contributed by atoms with Gasteiger partial charge in [0, 0.05) is 30.9 Å². The Morgan fingerprint density at radius 3 is 2.70 bits per heavy atom. The summed E-state index contributed by atoms with van der Waals surface area (Å²) >= 11 is 0. The molecule has 43 heavy (non-hydrogen) atoms. The van der Waals surface area contributed by atoms with Crippen molar-refractivity contribution in [2.24, 2.45) is 0 Å². The molecule has 4 aliphatic rings. The van der Waals surface area contributed by atoms with Gasteiger partial charge in [0.1, 0.15) is 34.8 Å². The molecule has 4 aliphatic heterocycles. The van der Waals surface area contributed by atoms with Gasteiger partial charge in [0.2, 0.25) is 0 Å². The number of aromatic nitrogens is 3. The summed E-state index contributed by atoms with van der Waals surface area (Å²) in [6.45, 7) is 4.93. The zero-order chi connectivity index (χ0) is 29.8. The van der Waals surface area contributed by atoms with Gasteiger partial charge in [-0.3, -0.25) is 9.88 Å². The molecule has 2 aromatic heterocycles. The SMILES string of the molecule is CCc1c(F)ccc2cc(O)cc(-c3ncc4c(N5C[C@@H]6C[C@H]5CO6)nc(OC)nc4c3F)c12.FC1CC2CCCN2C1. The van der Waals surface area contributed by atoms with E-state index in [1.54, 1.807) is 6.07 Å². The molecule has 0 radical (unpaired) electrons. The second kappa shape index (κ2) is 11.1. The number of pyridine rings is 1. The number of alkyl halides is 1. The lowest BCUT2D eigenvalue weighted by Gasteiger charge is -2.28. The van der Waals surface area contributed by atoms with Crippen LogP contribution in [0.5, 0.6) is 11.8 Å². The summed E-state index contributed by atoms with van der Waals surface area (Å²) in [7, 11) is 1.43. The van der Waals surface area contributed by atoms with Gasteiger partial charge in [0.05, 0.1) is 31.2 Å². The van der Waals surface area contributed by atoms with Crippen molar-refractivity contribution in [1.82, 2.24) is 19.9 Å². The maximum absolute atomic E-state index is 16.1. The predicted molar refractivity (Wildman–Crippen MR) is 157 cm³/mol. The van der Waals surface area contributed by atoms with E-state index in [2.05, 4.69) is 24.8 Å². The highest BCUT2D eigenvalue weighted by atomic mass is 19.1. The van der Waals surface area contributed by atoms with Crippen molar-refractivity contribution in [1.29, 1.82) is 0 Å². The number of ether oxygens (including phenoxy) is 2. The second-order valence-corrected chi connectivity index (χ2v) is 11.8. The minimum Gasteiger partial charge on any atom is -0.508 e. The van der Waals surface area contributed by atoms with Gasteiger partial charge in [0.15, 0.2) is 5.82 Å². The Morgan fingerprint density at radius 2 is 1.98 bits per heavy atom. The van der Waals surface area contributed by atoms with E-state index in [4.69, 9.17) is 9.47 Å². The second-order valence-electron chi connectivity index (χ2n) is 11.8. The molecule has 0 saturated carbocycles. The van der Waals surface area contributed by atoms with Gasteiger partial charge in [0.25, 0.3) is 0 Å². The van der Waals surface area contributed by atoms with E-state index in [0.717, 1.165) is 19.4 Å². The molecule has 0 spiro atoms. The molecule has 226 valence electrons. The maximum Gasteiger partial charge on any atom is 0.318 e. The number of aryl methyl sites for hydroxylation is 1.